The fraction of sp³-hybridized carbons (Fsp3) is 0.857. The highest BCUT2D eigenvalue weighted by atomic mass is 17.1. The molecule has 0 aromatic rings. The van der Waals surface area contributed by atoms with Gasteiger partial charge in [0.25, 0.3) is 5.91 Å². The maximum atomic E-state index is 12.4. The number of unbranched alkanes of at least 4 members (excludes halogenated alkanes) is 3. The smallest absolute Gasteiger partial charge is 0.266 e. The van der Waals surface area contributed by atoms with Crippen LogP contribution in [-0.4, -0.2) is 39.5 Å². The van der Waals surface area contributed by atoms with Crippen LogP contribution in [0.5, 0.6) is 0 Å². The second-order valence-electron chi connectivity index (χ2n) is 6.21. The summed E-state index contributed by atoms with van der Waals surface area (Å²) in [6.45, 7) is 7.69. The molecular formula is C14H25NO4. The molecule has 1 unspecified atom stereocenters. The normalized spacial score (nSPS) is 24.4. The molecule has 1 heterocycles. The Morgan fingerprint density at radius 1 is 1.26 bits per heavy atom. The number of hydrogen-bond donors (Lipinski definition) is 1. The van der Waals surface area contributed by atoms with Crippen LogP contribution < -0.4 is 0 Å². The molecule has 1 amide bonds. The predicted molar refractivity (Wildman–Crippen MR) is 71.7 cm³/mol. The Kier molecular flexibility index (Phi) is 5.10. The van der Waals surface area contributed by atoms with Crippen molar-refractivity contribution in [3.8, 4) is 0 Å². The largest absolute Gasteiger partial charge is 0.327 e. The molecule has 5 heteroatoms. The molecule has 5 nitrogen and oxygen atoms in total. The summed E-state index contributed by atoms with van der Waals surface area (Å²) >= 11 is 0. The molecule has 1 rings (SSSR count). The van der Waals surface area contributed by atoms with Gasteiger partial charge in [-0.25, -0.2) is 4.89 Å². The Hall–Kier alpha value is -0.940. The Morgan fingerprint density at radius 2 is 1.89 bits per heavy atom. The lowest BCUT2D eigenvalue weighted by atomic mass is 9.93. The molecule has 1 saturated heterocycles. The van der Waals surface area contributed by atoms with Gasteiger partial charge in [-0.05, 0) is 33.6 Å². The molecule has 0 spiro atoms. The molecule has 1 N–H and O–H groups in total. The lowest BCUT2D eigenvalue weighted by molar-refractivity contribution is -0.301. The molecule has 0 aromatic heterocycles. The van der Waals surface area contributed by atoms with Crippen molar-refractivity contribution < 1.29 is 19.7 Å². The van der Waals surface area contributed by atoms with E-state index in [9.17, 15) is 9.59 Å². The summed E-state index contributed by atoms with van der Waals surface area (Å²) < 4.78 is 0. The number of ketones is 1. The van der Waals surface area contributed by atoms with Gasteiger partial charge in [-0.2, -0.15) is 0 Å². The van der Waals surface area contributed by atoms with Gasteiger partial charge in [0.1, 0.15) is 0 Å². The van der Waals surface area contributed by atoms with Crippen LogP contribution in [0.15, 0.2) is 0 Å². The minimum Gasteiger partial charge on any atom is -0.327 e. The Morgan fingerprint density at radius 3 is 2.32 bits per heavy atom. The molecule has 0 aliphatic carbocycles. The van der Waals surface area contributed by atoms with Crippen molar-refractivity contribution in [2.75, 3.05) is 6.54 Å². The van der Waals surface area contributed by atoms with Crippen LogP contribution in [0.2, 0.25) is 0 Å². The third-order valence-corrected chi connectivity index (χ3v) is 3.69. The first-order valence-electron chi connectivity index (χ1n) is 6.97. The summed E-state index contributed by atoms with van der Waals surface area (Å²) in [4.78, 5) is 30.4. The topological polar surface area (TPSA) is 66.8 Å². The first-order chi connectivity index (χ1) is 8.79. The maximum absolute atomic E-state index is 12.4. The van der Waals surface area contributed by atoms with Crippen molar-refractivity contribution in [3.63, 3.8) is 0 Å². The zero-order valence-electron chi connectivity index (χ0n) is 12.4. The molecule has 0 saturated carbocycles. The van der Waals surface area contributed by atoms with Crippen molar-refractivity contribution in [1.82, 2.24) is 4.90 Å². The van der Waals surface area contributed by atoms with Gasteiger partial charge in [-0.3, -0.25) is 14.8 Å². The number of Topliss-reactive ketones (excluding diaryl/α,β-unsaturated/α-hetero) is 1. The van der Waals surface area contributed by atoms with Gasteiger partial charge in [0, 0.05) is 5.54 Å². The second-order valence-corrected chi connectivity index (χ2v) is 6.21. The van der Waals surface area contributed by atoms with Crippen molar-refractivity contribution >= 4 is 11.7 Å². The number of likely N-dealkylation sites (tertiary alicyclic amines) is 1. The van der Waals surface area contributed by atoms with Gasteiger partial charge >= 0.3 is 0 Å². The summed E-state index contributed by atoms with van der Waals surface area (Å²) in [6, 6.07) is 0. The second kappa shape index (κ2) is 6.01. The summed E-state index contributed by atoms with van der Waals surface area (Å²) in [5, 5.41) is 9.13. The summed E-state index contributed by atoms with van der Waals surface area (Å²) in [5.74, 6) is -0.754. The Labute approximate surface area is 114 Å². The van der Waals surface area contributed by atoms with E-state index in [-0.39, 0.29) is 18.7 Å². The average molecular weight is 271 g/mol. The number of rotatable bonds is 6. The minimum absolute atomic E-state index is 0.0106. The van der Waals surface area contributed by atoms with Crippen molar-refractivity contribution in [2.45, 2.75) is 70.9 Å². The van der Waals surface area contributed by atoms with E-state index in [2.05, 4.69) is 11.8 Å². The van der Waals surface area contributed by atoms with Crippen molar-refractivity contribution in [3.05, 3.63) is 0 Å². The molecule has 1 aliphatic rings. The Balaban J connectivity index is 2.82. The van der Waals surface area contributed by atoms with E-state index in [1.54, 1.807) is 0 Å². The van der Waals surface area contributed by atoms with Gasteiger partial charge in [0.05, 0.1) is 6.54 Å². The zero-order valence-corrected chi connectivity index (χ0v) is 12.4. The van der Waals surface area contributed by atoms with E-state index < -0.39 is 17.0 Å². The van der Waals surface area contributed by atoms with E-state index in [4.69, 9.17) is 5.26 Å². The fourth-order valence-corrected chi connectivity index (χ4v) is 2.40. The van der Waals surface area contributed by atoms with Crippen molar-refractivity contribution in [1.29, 1.82) is 0 Å². The Bertz CT molecular complexity index is 348. The van der Waals surface area contributed by atoms with Crippen LogP contribution >= 0.6 is 0 Å². The molecule has 1 aliphatic heterocycles. The number of carbonyl (C=O) groups is 2. The zero-order chi connectivity index (χ0) is 14.7. The number of nitrogens with zero attached hydrogens (tertiary/aromatic N) is 1. The van der Waals surface area contributed by atoms with E-state index in [0.717, 1.165) is 19.3 Å². The van der Waals surface area contributed by atoms with E-state index in [1.807, 2.05) is 20.8 Å². The van der Waals surface area contributed by atoms with Gasteiger partial charge < -0.3 is 4.90 Å². The number of hydrogen-bond acceptors (Lipinski definition) is 4. The summed E-state index contributed by atoms with van der Waals surface area (Å²) in [7, 11) is 0. The van der Waals surface area contributed by atoms with Gasteiger partial charge in [0.2, 0.25) is 5.60 Å². The molecule has 0 radical (unpaired) electrons. The number of carbonyl (C=O) groups excluding carboxylic acids is 2. The molecular weight excluding hydrogens is 246 g/mol. The van der Waals surface area contributed by atoms with Gasteiger partial charge in [0.15, 0.2) is 5.78 Å². The van der Waals surface area contributed by atoms with Crippen LogP contribution in [-0.2, 0) is 14.5 Å². The highest BCUT2D eigenvalue weighted by molar-refractivity contribution is 6.16. The van der Waals surface area contributed by atoms with Crippen molar-refractivity contribution in [2.24, 2.45) is 0 Å². The summed E-state index contributed by atoms with van der Waals surface area (Å²) in [5.41, 5.74) is -2.11. The third kappa shape index (κ3) is 3.15. The third-order valence-electron chi connectivity index (χ3n) is 3.69. The van der Waals surface area contributed by atoms with Crippen LogP contribution in [0.4, 0.5) is 0 Å². The highest BCUT2D eigenvalue weighted by Crippen LogP contribution is 2.33. The summed E-state index contributed by atoms with van der Waals surface area (Å²) in [6.07, 6.45) is 4.01. The quantitative estimate of drug-likeness (QED) is 0.348. The molecule has 110 valence electrons. The van der Waals surface area contributed by atoms with E-state index in [1.165, 1.54) is 4.90 Å². The SMILES string of the molecule is CCCCCCC1(OO)C(=O)CN(C(C)(C)C)C1=O. The van der Waals surface area contributed by atoms with Crippen LogP contribution in [0, 0.1) is 0 Å². The van der Waals surface area contributed by atoms with Crippen LogP contribution in [0.1, 0.15) is 59.8 Å². The monoisotopic (exact) mass is 271 g/mol. The van der Waals surface area contributed by atoms with Crippen LogP contribution in [0.3, 0.4) is 0 Å². The van der Waals surface area contributed by atoms with Crippen LogP contribution in [0.25, 0.3) is 0 Å². The van der Waals surface area contributed by atoms with Gasteiger partial charge in [-0.15, -0.1) is 0 Å². The highest BCUT2D eigenvalue weighted by Gasteiger charge is 2.57. The lowest BCUT2D eigenvalue weighted by Crippen LogP contribution is -2.50. The molecule has 19 heavy (non-hydrogen) atoms. The molecule has 0 bridgehead atoms. The molecule has 1 atom stereocenters. The number of amides is 1. The fourth-order valence-electron chi connectivity index (χ4n) is 2.40. The maximum Gasteiger partial charge on any atom is 0.266 e. The first kappa shape index (κ1) is 16.1. The van der Waals surface area contributed by atoms with E-state index >= 15 is 0 Å². The lowest BCUT2D eigenvalue weighted by Gasteiger charge is -2.32. The molecule has 1 fully saturated rings. The first-order valence-corrected chi connectivity index (χ1v) is 6.97. The minimum atomic E-state index is -1.67. The standard InChI is InChI=1S/C14H25NO4/c1-5-6-7-8-9-14(19-18)11(16)10-15(12(14)17)13(2,3)4/h18H,5-10H2,1-4H3. The van der Waals surface area contributed by atoms with E-state index in [0.29, 0.717) is 6.42 Å². The molecule has 0 aromatic carbocycles. The average Bonchev–Trinajstić information content (AvgIpc) is 2.58. The van der Waals surface area contributed by atoms with Gasteiger partial charge in [-0.1, -0.05) is 26.2 Å². The predicted octanol–water partition coefficient (Wildman–Crippen LogP) is 2.40.